The summed E-state index contributed by atoms with van der Waals surface area (Å²) in [7, 11) is 1.32. The first-order valence-electron chi connectivity index (χ1n) is 7.41. The molecule has 0 aromatic carbocycles. The number of aromatic nitrogens is 2. The van der Waals surface area contributed by atoms with Crippen LogP contribution in [-0.2, 0) is 16.0 Å². The van der Waals surface area contributed by atoms with Gasteiger partial charge < -0.3 is 20.5 Å². The van der Waals surface area contributed by atoms with Crippen molar-refractivity contribution in [3.05, 3.63) is 17.6 Å². The largest absolute Gasteiger partial charge is 0.464 e. The number of hydrogen-bond donors (Lipinski definition) is 2. The van der Waals surface area contributed by atoms with Gasteiger partial charge in [0, 0.05) is 25.2 Å². The Labute approximate surface area is 130 Å². The fraction of sp³-hybridized carbons (Fsp3) is 0.643. The summed E-state index contributed by atoms with van der Waals surface area (Å²) >= 11 is 0. The van der Waals surface area contributed by atoms with Crippen molar-refractivity contribution < 1.29 is 14.3 Å². The maximum Gasteiger partial charge on any atom is 0.357 e. The first-order valence-corrected chi connectivity index (χ1v) is 7.41. The number of carbonyl (C=O) groups excluding carboxylic acids is 1. The minimum absolute atomic E-state index is 0.218. The maximum absolute atomic E-state index is 11.7. The summed E-state index contributed by atoms with van der Waals surface area (Å²) in [5, 5.41) is 3.28. The van der Waals surface area contributed by atoms with Gasteiger partial charge in [-0.05, 0) is 19.5 Å². The lowest BCUT2D eigenvalue weighted by Crippen LogP contribution is -2.37. The van der Waals surface area contributed by atoms with Gasteiger partial charge >= 0.3 is 5.97 Å². The zero-order valence-corrected chi connectivity index (χ0v) is 12.9. The Morgan fingerprint density at radius 3 is 2.95 bits per heavy atom. The second-order valence-electron chi connectivity index (χ2n) is 5.06. The number of nitrogens with zero attached hydrogens (tertiary/aromatic N) is 3. The number of esters is 1. The van der Waals surface area contributed by atoms with Crippen molar-refractivity contribution in [2.45, 2.75) is 13.0 Å². The third-order valence-electron chi connectivity index (χ3n) is 3.59. The topological polar surface area (TPSA) is 103 Å². The highest BCUT2D eigenvalue weighted by Gasteiger charge is 2.16. The molecule has 0 spiro atoms. The molecule has 22 heavy (non-hydrogen) atoms. The highest BCUT2D eigenvalue weighted by Crippen LogP contribution is 2.12. The van der Waals surface area contributed by atoms with Crippen molar-refractivity contribution in [3.63, 3.8) is 0 Å². The lowest BCUT2D eigenvalue weighted by atomic mass is 10.2. The second kappa shape index (κ2) is 8.62. The lowest BCUT2D eigenvalue weighted by molar-refractivity contribution is 0.0374. The zero-order chi connectivity index (χ0) is 15.8. The molecule has 0 atom stereocenters. The number of anilines is 1. The predicted molar refractivity (Wildman–Crippen MR) is 81.4 cm³/mol. The molecule has 2 rings (SSSR count). The summed E-state index contributed by atoms with van der Waals surface area (Å²) in [4.78, 5) is 21.9. The van der Waals surface area contributed by atoms with Crippen LogP contribution in [0.4, 0.5) is 5.82 Å². The predicted octanol–water partition coefficient (Wildman–Crippen LogP) is -0.343. The number of methoxy groups -OCH3 is 1. The Balaban J connectivity index is 1.77. The van der Waals surface area contributed by atoms with E-state index in [2.05, 4.69) is 20.2 Å². The molecule has 1 aromatic rings. The third-order valence-corrected chi connectivity index (χ3v) is 3.59. The first kappa shape index (κ1) is 16.6. The van der Waals surface area contributed by atoms with E-state index in [0.717, 1.165) is 45.8 Å². The molecule has 0 amide bonds. The van der Waals surface area contributed by atoms with Crippen LogP contribution in [0.2, 0.25) is 0 Å². The van der Waals surface area contributed by atoms with E-state index in [1.54, 1.807) is 0 Å². The number of nitrogens with one attached hydrogen (secondary N) is 1. The summed E-state index contributed by atoms with van der Waals surface area (Å²) in [5.74, 6) is -0.199. The quantitative estimate of drug-likeness (QED) is 0.521. The zero-order valence-electron chi connectivity index (χ0n) is 12.9. The van der Waals surface area contributed by atoms with Crippen LogP contribution in [0.15, 0.2) is 6.33 Å². The number of morpholine rings is 1. The van der Waals surface area contributed by atoms with E-state index in [9.17, 15) is 4.79 Å². The van der Waals surface area contributed by atoms with Crippen LogP contribution in [0.3, 0.4) is 0 Å². The third kappa shape index (κ3) is 4.62. The minimum Gasteiger partial charge on any atom is -0.464 e. The number of nitrogens with two attached hydrogens (primary N) is 1. The van der Waals surface area contributed by atoms with Gasteiger partial charge in [0.2, 0.25) is 0 Å². The Hall–Kier alpha value is -1.77. The summed E-state index contributed by atoms with van der Waals surface area (Å²) in [5.41, 5.74) is 6.63. The molecule has 0 saturated carbocycles. The number of hydrogen-bond acceptors (Lipinski definition) is 8. The van der Waals surface area contributed by atoms with Gasteiger partial charge in [-0.25, -0.2) is 14.8 Å². The minimum atomic E-state index is -0.501. The Kier molecular flexibility index (Phi) is 6.50. The molecule has 8 heteroatoms. The number of nitrogen functional groups attached to an aromatic ring is 1. The van der Waals surface area contributed by atoms with E-state index in [1.165, 1.54) is 13.4 Å². The lowest BCUT2D eigenvalue weighted by Gasteiger charge is -2.26. The van der Waals surface area contributed by atoms with Gasteiger partial charge in [-0.2, -0.15) is 0 Å². The van der Waals surface area contributed by atoms with Crippen LogP contribution < -0.4 is 11.1 Å². The van der Waals surface area contributed by atoms with E-state index in [4.69, 9.17) is 15.2 Å². The van der Waals surface area contributed by atoms with Crippen molar-refractivity contribution >= 4 is 11.8 Å². The van der Waals surface area contributed by atoms with Gasteiger partial charge in [0.25, 0.3) is 0 Å². The van der Waals surface area contributed by atoms with Crippen molar-refractivity contribution in [2.24, 2.45) is 0 Å². The Bertz CT molecular complexity index is 491. The number of rotatable bonds is 7. The van der Waals surface area contributed by atoms with Gasteiger partial charge in [0.15, 0.2) is 5.69 Å². The number of ether oxygens (including phenoxy) is 2. The molecule has 2 heterocycles. The van der Waals surface area contributed by atoms with E-state index < -0.39 is 5.97 Å². The van der Waals surface area contributed by atoms with Crippen LogP contribution in [0.5, 0.6) is 0 Å². The maximum atomic E-state index is 11.7. The monoisotopic (exact) mass is 309 g/mol. The fourth-order valence-electron chi connectivity index (χ4n) is 2.34. The molecule has 0 unspecified atom stereocenters. The molecule has 1 aliphatic heterocycles. The molecule has 122 valence electrons. The highest BCUT2D eigenvalue weighted by molar-refractivity contribution is 5.89. The van der Waals surface area contributed by atoms with E-state index in [0.29, 0.717) is 17.9 Å². The Morgan fingerprint density at radius 2 is 2.23 bits per heavy atom. The van der Waals surface area contributed by atoms with Crippen LogP contribution in [-0.4, -0.2) is 67.3 Å². The van der Waals surface area contributed by atoms with Crippen molar-refractivity contribution in [1.29, 1.82) is 0 Å². The molecule has 1 saturated heterocycles. The average molecular weight is 309 g/mol. The molecule has 1 fully saturated rings. The van der Waals surface area contributed by atoms with Crippen molar-refractivity contribution in [1.82, 2.24) is 20.2 Å². The smallest absolute Gasteiger partial charge is 0.357 e. The molecule has 0 bridgehead atoms. The van der Waals surface area contributed by atoms with Gasteiger partial charge in [-0.3, -0.25) is 4.90 Å². The van der Waals surface area contributed by atoms with E-state index in [-0.39, 0.29) is 5.69 Å². The summed E-state index contributed by atoms with van der Waals surface area (Å²) in [6.07, 6.45) is 2.28. The normalized spacial score (nSPS) is 15.7. The molecule has 1 aliphatic rings. The standard InChI is InChI=1S/C14H23N5O3/c1-21-14(20)12-11(13(15)18-10-17-12)9-16-3-2-4-19-5-7-22-8-6-19/h10,16H,2-9H2,1H3,(H2,15,17,18). The van der Waals surface area contributed by atoms with Gasteiger partial charge in [-0.1, -0.05) is 0 Å². The summed E-state index contributed by atoms with van der Waals surface area (Å²) in [6, 6.07) is 0. The van der Waals surface area contributed by atoms with Crippen LogP contribution in [0.1, 0.15) is 22.5 Å². The number of carbonyl (C=O) groups is 1. The molecule has 8 nitrogen and oxygen atoms in total. The van der Waals surface area contributed by atoms with Gasteiger partial charge in [0.05, 0.1) is 20.3 Å². The fourth-order valence-corrected chi connectivity index (χ4v) is 2.34. The van der Waals surface area contributed by atoms with Crippen molar-refractivity contribution in [2.75, 3.05) is 52.2 Å². The van der Waals surface area contributed by atoms with Crippen LogP contribution in [0.25, 0.3) is 0 Å². The van der Waals surface area contributed by atoms with Crippen LogP contribution >= 0.6 is 0 Å². The molecule has 1 aromatic heterocycles. The summed E-state index contributed by atoms with van der Waals surface area (Å²) < 4.78 is 10.0. The Morgan fingerprint density at radius 1 is 1.45 bits per heavy atom. The highest BCUT2D eigenvalue weighted by atomic mass is 16.5. The van der Waals surface area contributed by atoms with Gasteiger partial charge in [0.1, 0.15) is 12.1 Å². The second-order valence-corrected chi connectivity index (χ2v) is 5.06. The summed E-state index contributed by atoms with van der Waals surface area (Å²) in [6.45, 7) is 5.91. The molecular weight excluding hydrogens is 286 g/mol. The molecule has 0 aliphatic carbocycles. The molecule has 3 N–H and O–H groups in total. The van der Waals surface area contributed by atoms with E-state index >= 15 is 0 Å². The van der Waals surface area contributed by atoms with Crippen LogP contribution in [0, 0.1) is 0 Å². The average Bonchev–Trinajstić information content (AvgIpc) is 2.56. The first-order chi connectivity index (χ1) is 10.7. The van der Waals surface area contributed by atoms with Gasteiger partial charge in [-0.15, -0.1) is 0 Å². The van der Waals surface area contributed by atoms with E-state index in [1.807, 2.05) is 0 Å². The molecule has 0 radical (unpaired) electrons. The van der Waals surface area contributed by atoms with Crippen molar-refractivity contribution in [3.8, 4) is 0 Å². The molecular formula is C14H23N5O3. The SMILES string of the molecule is COC(=O)c1ncnc(N)c1CNCCCN1CCOCC1.